The maximum absolute atomic E-state index is 9.63. The maximum atomic E-state index is 9.63. The van der Waals surface area contributed by atoms with Crippen molar-refractivity contribution < 1.29 is 0 Å². The number of hydrogen-bond donors (Lipinski definition) is 2. The minimum atomic E-state index is 0.266. The molecular weight excluding hydrogens is 624 g/mol. The van der Waals surface area contributed by atoms with Gasteiger partial charge in [-0.1, -0.05) is 35.4 Å². The van der Waals surface area contributed by atoms with Crippen LogP contribution in [0.15, 0.2) is 65.1 Å². The van der Waals surface area contributed by atoms with Crippen molar-refractivity contribution in [2.75, 3.05) is 0 Å². The van der Waals surface area contributed by atoms with Crippen LogP contribution in [0.5, 0.6) is 0 Å². The van der Waals surface area contributed by atoms with E-state index in [9.17, 15) is 10.5 Å². The summed E-state index contributed by atoms with van der Waals surface area (Å²) in [4.78, 5) is 5.23. The molecule has 0 unspecified atom stereocenters. The number of thiophene rings is 4. The Morgan fingerprint density at radius 1 is 0.744 bits per heavy atom. The van der Waals surface area contributed by atoms with Gasteiger partial charge in [0.05, 0.1) is 25.5 Å². The first-order valence-corrected chi connectivity index (χ1v) is 15.5. The fourth-order valence-corrected chi connectivity index (χ4v) is 7.96. The van der Waals surface area contributed by atoms with Crippen molar-refractivity contribution in [3.63, 3.8) is 0 Å². The Kier molecular flexibility index (Phi) is 8.51. The molecule has 0 spiro atoms. The van der Waals surface area contributed by atoms with Crippen molar-refractivity contribution in [2.24, 2.45) is 4.40 Å². The van der Waals surface area contributed by atoms with Crippen molar-refractivity contribution in [3.8, 4) is 12.1 Å². The quantitative estimate of drug-likeness (QED) is 0.125. The van der Waals surface area contributed by atoms with Gasteiger partial charge in [-0.25, -0.2) is 4.40 Å². The lowest BCUT2D eigenvalue weighted by molar-refractivity contribution is 1.54. The molecule has 11 heteroatoms. The summed E-state index contributed by atoms with van der Waals surface area (Å²) < 4.78 is 5.41. The van der Waals surface area contributed by atoms with Crippen LogP contribution in [0.1, 0.15) is 29.3 Å². The van der Waals surface area contributed by atoms with Crippen LogP contribution in [0.25, 0.3) is 34.4 Å². The number of hydrogen-bond acceptors (Lipinski definition) is 9. The van der Waals surface area contributed by atoms with Crippen molar-refractivity contribution in [1.29, 1.82) is 15.9 Å². The number of allylic oxidation sites excluding steroid dienone is 6. The van der Waals surface area contributed by atoms with Gasteiger partial charge in [-0.3, -0.25) is 5.41 Å². The number of rotatable bonds is 6. The largest absolute Gasteiger partial charge is 0.298 e. The molecule has 4 nitrogen and oxygen atoms in total. The predicted octanol–water partition coefficient (Wildman–Crippen LogP) is 10.2. The molecule has 5 rings (SSSR count). The molecule has 0 fully saturated rings. The van der Waals surface area contributed by atoms with E-state index in [1.807, 2.05) is 60.7 Å². The average Bonchev–Trinajstić information content (AvgIpc) is 3.74. The van der Waals surface area contributed by atoms with E-state index in [1.54, 1.807) is 12.1 Å². The summed E-state index contributed by atoms with van der Waals surface area (Å²) in [7, 11) is 0. The van der Waals surface area contributed by atoms with Gasteiger partial charge >= 0.3 is 0 Å². The van der Waals surface area contributed by atoms with Crippen LogP contribution in [-0.2, 0) is 0 Å². The van der Waals surface area contributed by atoms with Gasteiger partial charge in [0.15, 0.2) is 0 Å². The van der Waals surface area contributed by atoms with Gasteiger partial charge in [0.25, 0.3) is 0 Å². The molecule has 1 N–H and O–H groups in total. The Morgan fingerprint density at radius 2 is 1.23 bits per heavy atom. The molecular formula is C28H14Cl2N4S5. The lowest BCUT2D eigenvalue weighted by Gasteiger charge is -2.16. The highest BCUT2D eigenvalue weighted by Gasteiger charge is 2.24. The summed E-state index contributed by atoms with van der Waals surface area (Å²) in [5.41, 5.74) is 3.33. The monoisotopic (exact) mass is 636 g/mol. The summed E-state index contributed by atoms with van der Waals surface area (Å²) in [5, 5.41) is 28.1. The van der Waals surface area contributed by atoms with Crippen LogP contribution in [0, 0.1) is 28.1 Å². The van der Waals surface area contributed by atoms with Gasteiger partial charge in [0.2, 0.25) is 0 Å². The third kappa shape index (κ3) is 5.96. The fraction of sp³-hybridized carbons (Fsp3) is 0. The fourth-order valence-electron chi connectivity index (χ4n) is 3.77. The van der Waals surface area contributed by atoms with Crippen LogP contribution in [0.2, 0.25) is 8.67 Å². The highest BCUT2D eigenvalue weighted by Crippen LogP contribution is 2.37. The molecule has 0 bridgehead atoms. The van der Waals surface area contributed by atoms with E-state index in [-0.39, 0.29) is 5.71 Å². The topological polar surface area (TPSA) is 83.8 Å². The summed E-state index contributed by atoms with van der Waals surface area (Å²) >= 11 is 22.0. The Balaban J connectivity index is 1.44. The predicted molar refractivity (Wildman–Crippen MR) is 174 cm³/mol. The average molecular weight is 638 g/mol. The van der Waals surface area contributed by atoms with Gasteiger partial charge in [-0.15, -0.1) is 45.3 Å². The molecule has 0 saturated heterocycles. The Bertz CT molecular complexity index is 1840. The van der Waals surface area contributed by atoms with E-state index in [4.69, 9.17) is 28.6 Å². The zero-order valence-electron chi connectivity index (χ0n) is 19.6. The third-order valence-corrected chi connectivity index (χ3v) is 10.4. The Labute approximate surface area is 256 Å². The first kappa shape index (κ1) is 27.6. The van der Waals surface area contributed by atoms with E-state index in [0.717, 1.165) is 40.4 Å². The van der Waals surface area contributed by atoms with Crippen molar-refractivity contribution in [2.45, 2.75) is 0 Å². The second-order valence-electron chi connectivity index (χ2n) is 7.94. The standard InChI is InChI=1S/C28H14Cl2N4S5/c29-25-9-7-21(38-25)15(13-31)11-17-1-5-23(36-17)19-3-4-20(28(34-35)27(19)33)24-6-2-18(37-24)12-16(14-32)22-8-10-26(30)39-22/h1-12,33,35H/b15-11+,16-12+,33-27?,34-28-. The smallest absolute Gasteiger partial charge is 0.105 e. The molecule has 1 aliphatic carbocycles. The van der Waals surface area contributed by atoms with Gasteiger partial charge in [0, 0.05) is 40.4 Å². The number of thiol groups is 1. The molecule has 4 aromatic rings. The molecule has 39 heavy (non-hydrogen) atoms. The summed E-state index contributed by atoms with van der Waals surface area (Å²) in [5.74, 6) is 0. The van der Waals surface area contributed by atoms with E-state index in [1.165, 1.54) is 45.3 Å². The van der Waals surface area contributed by atoms with Gasteiger partial charge in [-0.05, 0) is 73.5 Å². The van der Waals surface area contributed by atoms with Gasteiger partial charge < -0.3 is 0 Å². The van der Waals surface area contributed by atoms with Crippen LogP contribution in [0.4, 0.5) is 0 Å². The molecule has 1 aliphatic rings. The molecule has 4 aromatic heterocycles. The van der Waals surface area contributed by atoms with Gasteiger partial charge in [0.1, 0.15) is 17.9 Å². The van der Waals surface area contributed by atoms with E-state index in [0.29, 0.717) is 25.5 Å². The SMILES string of the molecule is N#C/C(=C\c1ccc(C2=CC=C(c3ccc(/C=C(\C#N)c4ccc(Cl)s4)s3)/C(=N/S)C2=N)s1)c1ccc(Cl)s1. The van der Waals surface area contributed by atoms with E-state index >= 15 is 0 Å². The lowest BCUT2D eigenvalue weighted by Crippen LogP contribution is -2.18. The van der Waals surface area contributed by atoms with Crippen molar-refractivity contribution in [1.82, 2.24) is 0 Å². The summed E-state index contributed by atoms with van der Waals surface area (Å²) in [6, 6.07) is 19.5. The second kappa shape index (κ2) is 12.0. The molecule has 0 aliphatic heterocycles. The van der Waals surface area contributed by atoms with Crippen LogP contribution in [-0.4, -0.2) is 11.4 Å². The minimum absolute atomic E-state index is 0.266. The lowest BCUT2D eigenvalue weighted by atomic mass is 9.92. The summed E-state index contributed by atoms with van der Waals surface area (Å²) in [6.07, 6.45) is 7.52. The zero-order valence-corrected chi connectivity index (χ0v) is 25.3. The highest BCUT2D eigenvalue weighted by atomic mass is 35.5. The molecule has 0 atom stereocenters. The number of nitriles is 2. The molecule has 0 saturated carbocycles. The first-order valence-electron chi connectivity index (χ1n) is 11.1. The summed E-state index contributed by atoms with van der Waals surface area (Å²) in [6.45, 7) is 0. The maximum Gasteiger partial charge on any atom is 0.105 e. The second-order valence-corrected chi connectivity index (χ2v) is 13.8. The first-order chi connectivity index (χ1) is 18.9. The van der Waals surface area contributed by atoms with Crippen molar-refractivity contribution in [3.05, 3.63) is 98.6 Å². The Morgan fingerprint density at radius 3 is 1.67 bits per heavy atom. The van der Waals surface area contributed by atoms with E-state index < -0.39 is 0 Å². The van der Waals surface area contributed by atoms with Gasteiger partial charge in [-0.2, -0.15) is 10.5 Å². The molecule has 0 amide bonds. The van der Waals surface area contributed by atoms with Crippen LogP contribution >= 0.6 is 81.4 Å². The highest BCUT2D eigenvalue weighted by molar-refractivity contribution is 7.79. The molecule has 190 valence electrons. The molecule has 0 radical (unpaired) electrons. The van der Waals surface area contributed by atoms with Crippen LogP contribution in [0.3, 0.4) is 0 Å². The minimum Gasteiger partial charge on any atom is -0.298 e. The molecule has 0 aromatic carbocycles. The van der Waals surface area contributed by atoms with Crippen molar-refractivity contribution >= 4 is 127 Å². The number of nitrogens with one attached hydrogen (secondary N) is 1. The Hall–Kier alpha value is -2.99. The molecule has 4 heterocycles. The number of nitrogens with zero attached hydrogens (tertiary/aromatic N) is 3. The number of halogens is 2. The van der Waals surface area contributed by atoms with E-state index in [2.05, 4.69) is 29.4 Å². The van der Waals surface area contributed by atoms with Crippen LogP contribution < -0.4 is 0 Å². The normalized spacial score (nSPS) is 15.2. The zero-order chi connectivity index (χ0) is 27.5. The third-order valence-electron chi connectivity index (χ3n) is 5.55.